The summed E-state index contributed by atoms with van der Waals surface area (Å²) in [5, 5.41) is 12.8. The van der Waals surface area contributed by atoms with Crippen LogP contribution in [0.4, 0.5) is 5.13 Å². The number of nitrogens with zero attached hydrogens (tertiary/aromatic N) is 3. The lowest BCUT2D eigenvalue weighted by molar-refractivity contribution is -0.902. The van der Waals surface area contributed by atoms with Gasteiger partial charge in [0, 0.05) is 18.8 Å². The van der Waals surface area contributed by atoms with E-state index >= 15 is 0 Å². The first-order valence-corrected chi connectivity index (χ1v) is 10.7. The van der Waals surface area contributed by atoms with E-state index in [1.807, 2.05) is 4.90 Å². The molecule has 7 nitrogen and oxygen atoms in total. The molecule has 1 aliphatic heterocycles. The molecule has 2 N–H and O–H groups in total. The van der Waals surface area contributed by atoms with Crippen molar-refractivity contribution in [1.82, 2.24) is 15.1 Å². The molecule has 0 spiro atoms. The number of aromatic nitrogens is 2. The highest BCUT2D eigenvalue weighted by Crippen LogP contribution is 2.35. The van der Waals surface area contributed by atoms with Gasteiger partial charge in [-0.3, -0.25) is 9.59 Å². The van der Waals surface area contributed by atoms with Crippen molar-refractivity contribution in [1.29, 1.82) is 0 Å². The summed E-state index contributed by atoms with van der Waals surface area (Å²) in [7, 11) is 0. The lowest BCUT2D eigenvalue weighted by atomic mass is 9.90. The van der Waals surface area contributed by atoms with E-state index in [-0.39, 0.29) is 24.7 Å². The molecule has 8 heteroatoms. The zero-order valence-corrected chi connectivity index (χ0v) is 16.4. The Kier molecular flexibility index (Phi) is 6.96. The maximum absolute atomic E-state index is 12.3. The van der Waals surface area contributed by atoms with Crippen molar-refractivity contribution in [2.24, 2.45) is 0 Å². The molecule has 1 aromatic rings. The lowest BCUT2D eigenvalue weighted by Crippen LogP contribution is -3.14. The van der Waals surface area contributed by atoms with Gasteiger partial charge < -0.3 is 15.1 Å². The summed E-state index contributed by atoms with van der Waals surface area (Å²) in [6.07, 6.45) is 6.62. The molecular weight excluding hydrogens is 350 g/mol. The van der Waals surface area contributed by atoms with Crippen LogP contribution in [0, 0.1) is 0 Å². The van der Waals surface area contributed by atoms with Gasteiger partial charge in [-0.1, -0.05) is 30.6 Å². The topological polar surface area (TPSA) is 79.6 Å². The molecule has 26 heavy (non-hydrogen) atoms. The van der Waals surface area contributed by atoms with Gasteiger partial charge in [-0.15, -0.1) is 10.2 Å². The summed E-state index contributed by atoms with van der Waals surface area (Å²) in [6, 6.07) is 0. The number of amides is 2. The highest BCUT2D eigenvalue weighted by atomic mass is 32.1. The van der Waals surface area contributed by atoms with Crippen LogP contribution in [0.25, 0.3) is 0 Å². The van der Waals surface area contributed by atoms with Crippen molar-refractivity contribution in [2.75, 3.05) is 38.0 Å². The van der Waals surface area contributed by atoms with Crippen molar-refractivity contribution in [2.45, 2.75) is 57.8 Å². The predicted octanol–water partition coefficient (Wildman–Crippen LogP) is 1.05. The van der Waals surface area contributed by atoms with Crippen LogP contribution in [-0.2, 0) is 9.59 Å². The van der Waals surface area contributed by atoms with E-state index in [0.29, 0.717) is 11.0 Å². The second kappa shape index (κ2) is 9.41. The molecule has 3 rings (SSSR count). The molecule has 144 valence electrons. The number of anilines is 1. The van der Waals surface area contributed by atoms with Crippen LogP contribution in [0.15, 0.2) is 0 Å². The van der Waals surface area contributed by atoms with Gasteiger partial charge in [-0.05, 0) is 19.8 Å². The van der Waals surface area contributed by atoms with Gasteiger partial charge >= 0.3 is 0 Å². The number of hydrogen-bond donors (Lipinski definition) is 2. The summed E-state index contributed by atoms with van der Waals surface area (Å²) in [5.74, 6) is 0.426. The molecule has 1 saturated heterocycles. The van der Waals surface area contributed by atoms with Crippen LogP contribution >= 0.6 is 11.3 Å². The van der Waals surface area contributed by atoms with Crippen LogP contribution in [0.5, 0.6) is 0 Å². The fourth-order valence-electron chi connectivity index (χ4n) is 3.79. The molecule has 0 radical (unpaired) electrons. The predicted molar refractivity (Wildman–Crippen MR) is 101 cm³/mol. The van der Waals surface area contributed by atoms with E-state index in [1.165, 1.54) is 48.3 Å². The molecule has 2 aliphatic rings. The van der Waals surface area contributed by atoms with Crippen LogP contribution in [0.1, 0.15) is 62.8 Å². The maximum atomic E-state index is 12.3. The molecule has 0 bridgehead atoms. The fourth-order valence-corrected chi connectivity index (χ4v) is 4.71. The first-order chi connectivity index (χ1) is 12.7. The molecular formula is C18H30N5O2S+. The molecule has 2 heterocycles. The highest BCUT2D eigenvalue weighted by Gasteiger charge is 2.23. The minimum absolute atomic E-state index is 0.0791. The Balaban J connectivity index is 1.40. The largest absolute Gasteiger partial charge is 0.332 e. The van der Waals surface area contributed by atoms with Crippen molar-refractivity contribution in [3.63, 3.8) is 0 Å². The molecule has 0 atom stereocenters. The first-order valence-electron chi connectivity index (χ1n) is 9.90. The Labute approximate surface area is 159 Å². The summed E-state index contributed by atoms with van der Waals surface area (Å²) < 4.78 is 0. The number of piperazine rings is 1. The highest BCUT2D eigenvalue weighted by molar-refractivity contribution is 7.15. The normalized spacial score (nSPS) is 19.5. The Hall–Kier alpha value is -1.54. The van der Waals surface area contributed by atoms with Gasteiger partial charge in [0.1, 0.15) is 5.01 Å². The zero-order valence-electron chi connectivity index (χ0n) is 15.6. The number of likely N-dealkylation sites (N-methyl/N-ethyl adjacent to an activating group) is 1. The first kappa shape index (κ1) is 19.2. The molecule has 0 aromatic carbocycles. The van der Waals surface area contributed by atoms with E-state index in [1.54, 1.807) is 0 Å². The monoisotopic (exact) mass is 380 g/mol. The van der Waals surface area contributed by atoms with Gasteiger partial charge in [-0.25, -0.2) is 0 Å². The van der Waals surface area contributed by atoms with E-state index in [2.05, 4.69) is 22.4 Å². The van der Waals surface area contributed by atoms with E-state index in [4.69, 9.17) is 0 Å². The van der Waals surface area contributed by atoms with Crippen LogP contribution < -0.4 is 10.2 Å². The van der Waals surface area contributed by atoms with Crippen LogP contribution in [-0.4, -0.2) is 59.6 Å². The van der Waals surface area contributed by atoms with Gasteiger partial charge in [-0.2, -0.15) is 0 Å². The van der Waals surface area contributed by atoms with Gasteiger partial charge in [0.15, 0.2) is 0 Å². The molecule has 2 fully saturated rings. The second-order valence-electron chi connectivity index (χ2n) is 7.31. The lowest BCUT2D eigenvalue weighted by Gasteiger charge is -2.31. The average molecular weight is 381 g/mol. The van der Waals surface area contributed by atoms with Crippen molar-refractivity contribution in [3.8, 4) is 0 Å². The SMILES string of the molecule is CC[NH+]1CCN(C(=O)CCC(=O)Nc2nnc(C3CCCCC3)s2)CC1. The molecule has 2 amide bonds. The van der Waals surface area contributed by atoms with E-state index in [0.717, 1.165) is 37.7 Å². The van der Waals surface area contributed by atoms with Crippen LogP contribution in [0.2, 0.25) is 0 Å². The Morgan fingerprint density at radius 3 is 2.58 bits per heavy atom. The molecule has 1 aliphatic carbocycles. The third kappa shape index (κ3) is 5.23. The Morgan fingerprint density at radius 1 is 1.15 bits per heavy atom. The smallest absolute Gasteiger partial charge is 0.226 e. The van der Waals surface area contributed by atoms with E-state index < -0.39 is 0 Å². The van der Waals surface area contributed by atoms with Crippen molar-refractivity contribution < 1.29 is 14.5 Å². The van der Waals surface area contributed by atoms with Crippen molar-refractivity contribution in [3.05, 3.63) is 5.01 Å². The number of hydrogen-bond acceptors (Lipinski definition) is 5. The third-order valence-electron chi connectivity index (χ3n) is 5.53. The van der Waals surface area contributed by atoms with Gasteiger partial charge in [0.25, 0.3) is 0 Å². The molecule has 0 unspecified atom stereocenters. The number of carbonyl (C=O) groups is 2. The van der Waals surface area contributed by atoms with Gasteiger partial charge in [0.2, 0.25) is 16.9 Å². The molecule has 1 saturated carbocycles. The second-order valence-corrected chi connectivity index (χ2v) is 8.32. The quantitative estimate of drug-likeness (QED) is 0.773. The molecule has 1 aromatic heterocycles. The maximum Gasteiger partial charge on any atom is 0.226 e. The number of carbonyl (C=O) groups excluding carboxylic acids is 2. The average Bonchev–Trinajstić information content (AvgIpc) is 3.15. The summed E-state index contributed by atoms with van der Waals surface area (Å²) in [4.78, 5) is 27.8. The van der Waals surface area contributed by atoms with E-state index in [9.17, 15) is 9.59 Å². The minimum atomic E-state index is -0.150. The van der Waals surface area contributed by atoms with Gasteiger partial charge in [0.05, 0.1) is 32.7 Å². The third-order valence-corrected chi connectivity index (χ3v) is 6.53. The number of quaternary nitrogens is 1. The minimum Gasteiger partial charge on any atom is -0.332 e. The zero-order chi connectivity index (χ0) is 18.4. The summed E-state index contributed by atoms with van der Waals surface area (Å²) in [6.45, 7) is 6.88. The standard InChI is InChI=1S/C18H29N5O2S/c1-2-22-10-12-23(13-11-22)16(25)9-8-15(24)19-18-21-20-17(26-18)14-6-4-3-5-7-14/h14H,2-13H2,1H3,(H,19,21,24)/p+1. The van der Waals surface area contributed by atoms with Crippen LogP contribution in [0.3, 0.4) is 0 Å². The Morgan fingerprint density at radius 2 is 1.88 bits per heavy atom. The summed E-state index contributed by atoms with van der Waals surface area (Å²) in [5.41, 5.74) is 0. The number of nitrogens with one attached hydrogen (secondary N) is 2. The fraction of sp³-hybridized carbons (Fsp3) is 0.778. The van der Waals surface area contributed by atoms with Crippen molar-refractivity contribution >= 4 is 28.3 Å². The Bertz CT molecular complexity index is 606. The number of rotatable bonds is 6. The summed E-state index contributed by atoms with van der Waals surface area (Å²) >= 11 is 1.48.